The summed E-state index contributed by atoms with van der Waals surface area (Å²) in [5, 5.41) is 0. The van der Waals surface area contributed by atoms with Gasteiger partial charge in [-0.15, -0.1) is 0 Å². The summed E-state index contributed by atoms with van der Waals surface area (Å²) in [5.41, 5.74) is 0. The number of ether oxygens (including phenoxy) is 3. The molecule has 0 N–H and O–H groups in total. The molecule has 0 aromatic heterocycles. The van der Waals surface area contributed by atoms with E-state index < -0.39 is 12.2 Å². The predicted molar refractivity (Wildman–Crippen MR) is 49.0 cm³/mol. The Labute approximate surface area is 83.2 Å². The highest BCUT2D eigenvalue weighted by Crippen LogP contribution is 2.18. The van der Waals surface area contributed by atoms with Crippen LogP contribution in [0.1, 0.15) is 13.8 Å². The summed E-state index contributed by atoms with van der Waals surface area (Å²) in [6.45, 7) is 4.46. The molecule has 0 bridgehead atoms. The van der Waals surface area contributed by atoms with Gasteiger partial charge in [-0.25, -0.2) is 4.79 Å². The van der Waals surface area contributed by atoms with Crippen LogP contribution >= 0.6 is 0 Å². The van der Waals surface area contributed by atoms with Gasteiger partial charge < -0.3 is 19.1 Å². The van der Waals surface area contributed by atoms with Gasteiger partial charge in [0.05, 0.1) is 19.4 Å². The molecule has 1 heterocycles. The lowest BCUT2D eigenvalue weighted by molar-refractivity contribution is -0.162. The number of carbonyl (C=O) groups is 1. The van der Waals surface area contributed by atoms with E-state index >= 15 is 0 Å². The largest absolute Gasteiger partial charge is 0.465 e. The third-order valence-electron chi connectivity index (χ3n) is 1.68. The topological polar surface area (TPSA) is 48.0 Å². The van der Waals surface area contributed by atoms with Gasteiger partial charge in [-0.05, 0) is 13.8 Å². The molecule has 0 aromatic carbocycles. The Kier molecular flexibility index (Phi) is 3.62. The molecule has 5 heteroatoms. The lowest BCUT2D eigenvalue weighted by Crippen LogP contribution is -2.34. The van der Waals surface area contributed by atoms with E-state index in [2.05, 4.69) is 0 Å². The minimum atomic E-state index is -0.712. The van der Waals surface area contributed by atoms with Crippen molar-refractivity contribution in [3.63, 3.8) is 0 Å². The van der Waals surface area contributed by atoms with Crippen LogP contribution in [0.5, 0.6) is 0 Å². The number of hydrogen-bond donors (Lipinski definition) is 0. The molecular weight excluding hydrogens is 186 g/mol. The van der Waals surface area contributed by atoms with Crippen LogP contribution < -0.4 is 0 Å². The first-order valence-electron chi connectivity index (χ1n) is 4.58. The van der Waals surface area contributed by atoms with Crippen molar-refractivity contribution < 1.29 is 19.0 Å². The van der Waals surface area contributed by atoms with Gasteiger partial charge >= 0.3 is 5.97 Å². The second-order valence-corrected chi connectivity index (χ2v) is 2.77. The molecule has 1 atom stereocenters. The Hall–Kier alpha value is -1.39. The summed E-state index contributed by atoms with van der Waals surface area (Å²) in [7, 11) is 1.73. The molecule has 5 nitrogen and oxygen atoms in total. The summed E-state index contributed by atoms with van der Waals surface area (Å²) >= 11 is 0. The highest BCUT2D eigenvalue weighted by atomic mass is 16.7. The molecule has 1 rings (SSSR count). The van der Waals surface area contributed by atoms with Crippen LogP contribution in [0.2, 0.25) is 0 Å². The highest BCUT2D eigenvalue weighted by molar-refractivity contribution is 5.74. The molecule has 1 aliphatic heterocycles. The molecule has 0 radical (unpaired) electrons. The summed E-state index contributed by atoms with van der Waals surface area (Å²) in [6, 6.07) is 0. The molecule has 14 heavy (non-hydrogen) atoms. The second kappa shape index (κ2) is 4.74. The van der Waals surface area contributed by atoms with Crippen molar-refractivity contribution in [1.29, 1.82) is 0 Å². The van der Waals surface area contributed by atoms with Crippen molar-refractivity contribution in [1.82, 2.24) is 4.90 Å². The standard InChI is InChI=1S/C9H15NO4/c1-4-12-7-6-10(3)8(14-7)9(11)13-5-2/h6,8H,4-5H2,1-3H3. The van der Waals surface area contributed by atoms with Gasteiger partial charge in [-0.1, -0.05) is 0 Å². The summed E-state index contributed by atoms with van der Waals surface area (Å²) in [6.07, 6.45) is 0.918. The van der Waals surface area contributed by atoms with Crippen molar-refractivity contribution in [3.05, 3.63) is 12.1 Å². The Balaban J connectivity index is 2.49. The monoisotopic (exact) mass is 201 g/mol. The van der Waals surface area contributed by atoms with Gasteiger partial charge in [0.1, 0.15) is 0 Å². The quantitative estimate of drug-likeness (QED) is 0.626. The third kappa shape index (κ3) is 2.31. The fraction of sp³-hybridized carbons (Fsp3) is 0.667. The molecule has 0 fully saturated rings. The van der Waals surface area contributed by atoms with Crippen LogP contribution in [0.15, 0.2) is 12.1 Å². The first-order valence-corrected chi connectivity index (χ1v) is 4.58. The fourth-order valence-corrected chi connectivity index (χ4v) is 1.10. The van der Waals surface area contributed by atoms with Gasteiger partial charge in [0.15, 0.2) is 0 Å². The number of nitrogens with zero attached hydrogens (tertiary/aromatic N) is 1. The summed E-state index contributed by atoms with van der Waals surface area (Å²) in [5.74, 6) is -0.0472. The average Bonchev–Trinajstić information content (AvgIpc) is 2.48. The third-order valence-corrected chi connectivity index (χ3v) is 1.68. The normalized spacial score (nSPS) is 20.1. The van der Waals surface area contributed by atoms with E-state index in [1.54, 1.807) is 25.1 Å². The smallest absolute Gasteiger partial charge is 0.369 e. The Bertz CT molecular complexity index is 239. The van der Waals surface area contributed by atoms with Crippen molar-refractivity contribution in [2.75, 3.05) is 20.3 Å². The predicted octanol–water partition coefficient (Wildman–Crippen LogP) is 0.673. The molecule has 0 spiro atoms. The molecule has 0 aliphatic carbocycles. The highest BCUT2D eigenvalue weighted by Gasteiger charge is 2.32. The second-order valence-electron chi connectivity index (χ2n) is 2.77. The van der Waals surface area contributed by atoms with Crippen LogP contribution in [-0.4, -0.2) is 37.4 Å². The summed E-state index contributed by atoms with van der Waals surface area (Å²) < 4.78 is 15.2. The zero-order chi connectivity index (χ0) is 10.6. The number of carbonyl (C=O) groups excluding carboxylic acids is 1. The van der Waals surface area contributed by atoms with Crippen molar-refractivity contribution in [2.24, 2.45) is 0 Å². The maximum Gasteiger partial charge on any atom is 0.369 e. The Morgan fingerprint density at radius 2 is 2.29 bits per heavy atom. The number of rotatable bonds is 4. The zero-order valence-corrected chi connectivity index (χ0v) is 8.65. The van der Waals surface area contributed by atoms with E-state index in [-0.39, 0.29) is 0 Å². The van der Waals surface area contributed by atoms with Gasteiger partial charge in [0, 0.05) is 7.05 Å². The molecule has 80 valence electrons. The Morgan fingerprint density at radius 3 is 2.86 bits per heavy atom. The molecule has 0 amide bonds. The fourth-order valence-electron chi connectivity index (χ4n) is 1.10. The SMILES string of the molecule is CCOC(=O)C1OC(OCC)=CN1C. The number of likely N-dealkylation sites (N-methyl/N-ethyl adjacent to an activating group) is 1. The van der Waals surface area contributed by atoms with E-state index in [9.17, 15) is 4.79 Å². The first kappa shape index (κ1) is 10.7. The molecular formula is C9H15NO4. The Morgan fingerprint density at radius 1 is 1.57 bits per heavy atom. The number of esters is 1. The van der Waals surface area contributed by atoms with E-state index in [1.165, 1.54) is 0 Å². The minimum Gasteiger partial charge on any atom is -0.465 e. The van der Waals surface area contributed by atoms with Crippen molar-refractivity contribution in [2.45, 2.75) is 20.1 Å². The van der Waals surface area contributed by atoms with E-state index in [4.69, 9.17) is 14.2 Å². The van der Waals surface area contributed by atoms with Crippen molar-refractivity contribution in [3.8, 4) is 0 Å². The maximum atomic E-state index is 11.3. The van der Waals surface area contributed by atoms with Gasteiger partial charge in [-0.2, -0.15) is 0 Å². The van der Waals surface area contributed by atoms with E-state index in [0.29, 0.717) is 19.2 Å². The van der Waals surface area contributed by atoms with Crippen LogP contribution in [0, 0.1) is 0 Å². The molecule has 0 saturated heterocycles. The van der Waals surface area contributed by atoms with Crippen LogP contribution in [-0.2, 0) is 19.0 Å². The van der Waals surface area contributed by atoms with Gasteiger partial charge in [0.2, 0.25) is 0 Å². The molecule has 1 aliphatic rings. The molecule has 0 saturated carbocycles. The minimum absolute atomic E-state index is 0.344. The van der Waals surface area contributed by atoms with Crippen LogP contribution in [0.3, 0.4) is 0 Å². The number of hydrogen-bond acceptors (Lipinski definition) is 5. The molecule has 1 unspecified atom stereocenters. The average molecular weight is 201 g/mol. The maximum absolute atomic E-state index is 11.3. The lowest BCUT2D eigenvalue weighted by atomic mass is 10.5. The van der Waals surface area contributed by atoms with Crippen LogP contribution in [0.4, 0.5) is 0 Å². The lowest BCUT2D eigenvalue weighted by Gasteiger charge is -2.17. The van der Waals surface area contributed by atoms with Crippen LogP contribution in [0.25, 0.3) is 0 Å². The molecule has 0 aromatic rings. The van der Waals surface area contributed by atoms with E-state index in [1.807, 2.05) is 6.92 Å². The van der Waals surface area contributed by atoms with Crippen molar-refractivity contribution >= 4 is 5.97 Å². The summed E-state index contributed by atoms with van der Waals surface area (Å²) in [4.78, 5) is 12.9. The first-order chi connectivity index (χ1) is 6.69. The van der Waals surface area contributed by atoms with Gasteiger partial charge in [0.25, 0.3) is 12.2 Å². The van der Waals surface area contributed by atoms with Gasteiger partial charge in [-0.3, -0.25) is 0 Å². The van der Waals surface area contributed by atoms with E-state index in [0.717, 1.165) is 0 Å². The zero-order valence-electron chi connectivity index (χ0n) is 8.65.